The molecule has 4 aliphatic rings. The molecule has 4 atom stereocenters. The van der Waals surface area contributed by atoms with Gasteiger partial charge in [-0.05, 0) is 88.2 Å². The highest BCUT2D eigenvalue weighted by Gasteiger charge is 2.56. The SMILES string of the molecule is C=C1/C(=C\C=C2/CCC[C@]3(C)C(C4(CC#CC(C)(C)C)CC4)=CCC23)CC(O)C[C@@H]1O. The molecular formula is C29H40O2. The van der Waals surface area contributed by atoms with Crippen LogP contribution < -0.4 is 0 Å². The summed E-state index contributed by atoms with van der Waals surface area (Å²) >= 11 is 0. The van der Waals surface area contributed by atoms with Crippen LogP contribution in [0.3, 0.4) is 0 Å². The predicted molar refractivity (Wildman–Crippen MR) is 128 cm³/mol. The van der Waals surface area contributed by atoms with Crippen molar-refractivity contribution in [3.05, 3.63) is 47.1 Å². The molecule has 4 rings (SSSR count). The van der Waals surface area contributed by atoms with Crippen molar-refractivity contribution in [2.24, 2.45) is 22.2 Å². The van der Waals surface area contributed by atoms with Gasteiger partial charge in [-0.3, -0.25) is 0 Å². The van der Waals surface area contributed by atoms with Crippen LogP contribution in [0.25, 0.3) is 0 Å². The van der Waals surface area contributed by atoms with Gasteiger partial charge < -0.3 is 10.2 Å². The molecule has 0 radical (unpaired) electrons. The Morgan fingerprint density at radius 1 is 1.19 bits per heavy atom. The highest BCUT2D eigenvalue weighted by Crippen LogP contribution is 2.67. The lowest BCUT2D eigenvalue weighted by molar-refractivity contribution is 0.0862. The topological polar surface area (TPSA) is 40.5 Å². The fraction of sp³-hybridized carbons (Fsp3) is 0.655. The first kappa shape index (κ1) is 22.6. The van der Waals surface area contributed by atoms with E-state index in [1.165, 1.54) is 31.3 Å². The van der Waals surface area contributed by atoms with Crippen LogP contribution in [0, 0.1) is 34.0 Å². The Morgan fingerprint density at radius 2 is 1.94 bits per heavy atom. The fourth-order valence-electron chi connectivity index (χ4n) is 6.28. The standard InChI is InChI=1S/C29H40O2/c1-20-22(18-23(30)19-25(20)31)10-9-21-8-6-14-28(5)24(21)11-12-26(28)29(16-17-29)15-7-13-27(2,3)4/h9-10,12,23-25,30-31H,1,6,8,11,14-19H2,2-5H3/b21-9+,22-10-/t23?,24?,25-,28-/m0/s1. The molecule has 168 valence electrons. The zero-order valence-corrected chi connectivity index (χ0v) is 19.9. The largest absolute Gasteiger partial charge is 0.393 e. The first-order valence-electron chi connectivity index (χ1n) is 12.2. The molecule has 31 heavy (non-hydrogen) atoms. The van der Waals surface area contributed by atoms with Crippen LogP contribution in [0.5, 0.6) is 0 Å². The molecule has 0 saturated heterocycles. The van der Waals surface area contributed by atoms with Gasteiger partial charge in [-0.25, -0.2) is 0 Å². The van der Waals surface area contributed by atoms with Gasteiger partial charge in [0, 0.05) is 23.7 Å². The Kier molecular flexibility index (Phi) is 5.91. The summed E-state index contributed by atoms with van der Waals surface area (Å²) in [7, 11) is 0. The number of fused-ring (bicyclic) bond motifs is 1. The van der Waals surface area contributed by atoms with Gasteiger partial charge in [-0.2, -0.15) is 0 Å². The minimum atomic E-state index is -0.617. The van der Waals surface area contributed by atoms with E-state index in [0.29, 0.717) is 24.2 Å². The monoisotopic (exact) mass is 420 g/mol. The van der Waals surface area contributed by atoms with E-state index < -0.39 is 12.2 Å². The van der Waals surface area contributed by atoms with Crippen molar-refractivity contribution in [2.75, 3.05) is 0 Å². The number of rotatable bonds is 3. The van der Waals surface area contributed by atoms with E-state index in [9.17, 15) is 10.2 Å². The van der Waals surface area contributed by atoms with E-state index in [0.717, 1.165) is 30.4 Å². The van der Waals surface area contributed by atoms with Gasteiger partial charge in [0.2, 0.25) is 0 Å². The van der Waals surface area contributed by atoms with Crippen molar-refractivity contribution >= 4 is 0 Å². The Labute approximate surface area is 189 Å². The third-order valence-corrected chi connectivity index (χ3v) is 8.13. The summed E-state index contributed by atoms with van der Waals surface area (Å²) in [5, 5.41) is 20.2. The number of aliphatic hydroxyl groups excluding tert-OH is 2. The molecule has 0 aliphatic heterocycles. The van der Waals surface area contributed by atoms with Crippen molar-refractivity contribution < 1.29 is 10.2 Å². The van der Waals surface area contributed by atoms with E-state index in [-0.39, 0.29) is 10.8 Å². The minimum Gasteiger partial charge on any atom is -0.393 e. The third kappa shape index (κ3) is 4.50. The number of hydrogen-bond donors (Lipinski definition) is 2. The summed E-state index contributed by atoms with van der Waals surface area (Å²) in [6.45, 7) is 13.1. The summed E-state index contributed by atoms with van der Waals surface area (Å²) in [6.07, 6.45) is 15.3. The third-order valence-electron chi connectivity index (χ3n) is 8.13. The fourth-order valence-corrected chi connectivity index (χ4v) is 6.28. The van der Waals surface area contributed by atoms with Gasteiger partial charge in [-0.1, -0.05) is 48.8 Å². The van der Waals surface area contributed by atoms with Crippen LogP contribution in [0.2, 0.25) is 0 Å². The molecule has 0 aromatic heterocycles. The molecule has 2 unspecified atom stereocenters. The van der Waals surface area contributed by atoms with Crippen LogP contribution >= 0.6 is 0 Å². The Bertz CT molecular complexity index is 893. The molecule has 0 heterocycles. The predicted octanol–water partition coefficient (Wildman–Crippen LogP) is 6.27. The van der Waals surface area contributed by atoms with Gasteiger partial charge >= 0.3 is 0 Å². The van der Waals surface area contributed by atoms with Crippen molar-refractivity contribution in [1.82, 2.24) is 0 Å². The van der Waals surface area contributed by atoms with Gasteiger partial charge in [0.1, 0.15) is 0 Å². The van der Waals surface area contributed by atoms with E-state index in [1.807, 2.05) is 0 Å². The second kappa shape index (κ2) is 8.09. The lowest BCUT2D eigenvalue weighted by Gasteiger charge is -2.43. The van der Waals surface area contributed by atoms with E-state index in [2.05, 4.69) is 64.3 Å². The molecule has 0 aromatic carbocycles. The van der Waals surface area contributed by atoms with Gasteiger partial charge in [0.25, 0.3) is 0 Å². The van der Waals surface area contributed by atoms with Crippen LogP contribution in [0.1, 0.15) is 85.5 Å². The maximum Gasteiger partial charge on any atom is 0.0811 e. The molecule has 0 aromatic rings. The lowest BCUT2D eigenvalue weighted by Crippen LogP contribution is -2.33. The van der Waals surface area contributed by atoms with Crippen molar-refractivity contribution in [3.8, 4) is 11.8 Å². The zero-order valence-electron chi connectivity index (χ0n) is 19.9. The van der Waals surface area contributed by atoms with Crippen molar-refractivity contribution in [1.29, 1.82) is 0 Å². The normalized spacial score (nSPS) is 37.3. The summed E-state index contributed by atoms with van der Waals surface area (Å²) in [5.41, 5.74) is 5.67. The smallest absolute Gasteiger partial charge is 0.0811 e. The zero-order chi connectivity index (χ0) is 22.4. The molecule has 2 heteroatoms. The second-order valence-corrected chi connectivity index (χ2v) is 11.8. The van der Waals surface area contributed by atoms with Crippen molar-refractivity contribution in [2.45, 2.75) is 97.7 Å². The average molecular weight is 421 g/mol. The molecule has 0 bridgehead atoms. The van der Waals surface area contributed by atoms with Crippen LogP contribution in [0.15, 0.2) is 47.1 Å². The lowest BCUT2D eigenvalue weighted by atomic mass is 9.61. The molecule has 0 amide bonds. The summed E-state index contributed by atoms with van der Waals surface area (Å²) in [5.74, 6) is 7.57. The Morgan fingerprint density at radius 3 is 2.61 bits per heavy atom. The quantitative estimate of drug-likeness (QED) is 0.417. The number of hydrogen-bond acceptors (Lipinski definition) is 2. The average Bonchev–Trinajstić information content (AvgIpc) is 3.35. The summed E-state index contributed by atoms with van der Waals surface area (Å²) in [6, 6.07) is 0. The maximum atomic E-state index is 10.2. The molecule has 3 saturated carbocycles. The summed E-state index contributed by atoms with van der Waals surface area (Å²) in [4.78, 5) is 0. The van der Waals surface area contributed by atoms with Gasteiger partial charge in [-0.15, -0.1) is 5.92 Å². The first-order valence-corrected chi connectivity index (χ1v) is 12.2. The maximum absolute atomic E-state index is 10.2. The van der Waals surface area contributed by atoms with Gasteiger partial charge in [0.15, 0.2) is 0 Å². The first-order chi connectivity index (χ1) is 14.5. The van der Waals surface area contributed by atoms with Crippen LogP contribution in [0.4, 0.5) is 0 Å². The highest BCUT2D eigenvalue weighted by molar-refractivity contribution is 5.42. The van der Waals surface area contributed by atoms with E-state index in [1.54, 1.807) is 5.57 Å². The number of aliphatic hydroxyl groups is 2. The Hall–Kier alpha value is -1.56. The highest BCUT2D eigenvalue weighted by atomic mass is 16.3. The van der Waals surface area contributed by atoms with Gasteiger partial charge in [0.05, 0.1) is 12.2 Å². The molecular weight excluding hydrogens is 380 g/mol. The molecule has 3 fully saturated rings. The molecule has 2 N–H and O–H groups in total. The van der Waals surface area contributed by atoms with Crippen molar-refractivity contribution in [3.63, 3.8) is 0 Å². The van der Waals surface area contributed by atoms with E-state index >= 15 is 0 Å². The second-order valence-electron chi connectivity index (χ2n) is 11.8. The number of allylic oxidation sites excluding steroid dienone is 5. The van der Waals surface area contributed by atoms with Crippen LogP contribution in [-0.2, 0) is 0 Å². The minimum absolute atomic E-state index is 0.0745. The molecule has 2 nitrogen and oxygen atoms in total. The summed E-state index contributed by atoms with van der Waals surface area (Å²) < 4.78 is 0. The Balaban J connectivity index is 1.54. The van der Waals surface area contributed by atoms with E-state index in [4.69, 9.17) is 0 Å². The molecule has 0 spiro atoms. The van der Waals surface area contributed by atoms with Crippen LogP contribution in [-0.4, -0.2) is 22.4 Å². The molecule has 4 aliphatic carbocycles.